The van der Waals surface area contributed by atoms with Crippen LogP contribution in [0.15, 0.2) is 54.0 Å². The maximum atomic E-state index is 15.5. The summed E-state index contributed by atoms with van der Waals surface area (Å²) in [5, 5.41) is 0. The van der Waals surface area contributed by atoms with E-state index < -0.39 is 11.4 Å². The van der Waals surface area contributed by atoms with E-state index in [2.05, 4.69) is 14.9 Å². The number of aliphatic imine (C=N–C) groups is 1. The van der Waals surface area contributed by atoms with Crippen LogP contribution in [-0.2, 0) is 15.0 Å². The molecule has 34 heavy (non-hydrogen) atoms. The van der Waals surface area contributed by atoms with Gasteiger partial charge in [0.1, 0.15) is 18.7 Å². The highest BCUT2D eigenvalue weighted by Crippen LogP contribution is 2.53. The van der Waals surface area contributed by atoms with E-state index in [4.69, 9.17) is 24.9 Å². The SMILES string of the molecule is CC1(C)CN(c2cc(F)c3c(c2)[C@@]2(COC(N)=N2)c2cc(-c4cncnc4)ccc2O3)CCO1. The van der Waals surface area contributed by atoms with Crippen LogP contribution in [0.3, 0.4) is 0 Å². The van der Waals surface area contributed by atoms with Gasteiger partial charge >= 0.3 is 0 Å². The minimum Gasteiger partial charge on any atom is -0.462 e. The van der Waals surface area contributed by atoms with Crippen molar-refractivity contribution in [2.45, 2.75) is 25.0 Å². The fraction of sp³-hybridized carbons (Fsp3) is 0.320. The summed E-state index contributed by atoms with van der Waals surface area (Å²) < 4.78 is 33.1. The molecule has 4 heterocycles. The van der Waals surface area contributed by atoms with Gasteiger partial charge in [-0.1, -0.05) is 6.07 Å². The molecular formula is C25H24FN5O3. The summed E-state index contributed by atoms with van der Waals surface area (Å²) in [7, 11) is 0. The van der Waals surface area contributed by atoms with Crippen LogP contribution in [0, 0.1) is 5.82 Å². The number of nitrogens with zero attached hydrogens (tertiary/aromatic N) is 4. The highest BCUT2D eigenvalue weighted by atomic mass is 19.1. The fourth-order valence-electron chi connectivity index (χ4n) is 4.94. The van der Waals surface area contributed by atoms with Crippen molar-refractivity contribution >= 4 is 11.7 Å². The zero-order valence-electron chi connectivity index (χ0n) is 18.9. The Bertz CT molecular complexity index is 1310. The minimum absolute atomic E-state index is 0.0607. The molecule has 2 aromatic carbocycles. The summed E-state index contributed by atoms with van der Waals surface area (Å²) in [6.07, 6.45) is 4.95. The number of nitrogens with two attached hydrogens (primary N) is 1. The van der Waals surface area contributed by atoms with Crippen molar-refractivity contribution in [3.05, 3.63) is 66.0 Å². The van der Waals surface area contributed by atoms with Gasteiger partial charge in [-0.2, -0.15) is 0 Å². The van der Waals surface area contributed by atoms with Crippen LogP contribution in [0.4, 0.5) is 10.1 Å². The van der Waals surface area contributed by atoms with Gasteiger partial charge < -0.3 is 24.8 Å². The molecule has 0 saturated carbocycles. The number of halogens is 1. The molecule has 1 aromatic heterocycles. The molecule has 3 aliphatic heterocycles. The molecule has 1 saturated heterocycles. The second-order valence-electron chi connectivity index (χ2n) is 9.37. The monoisotopic (exact) mass is 461 g/mol. The van der Waals surface area contributed by atoms with Gasteiger partial charge in [0.25, 0.3) is 6.02 Å². The molecule has 0 unspecified atom stereocenters. The van der Waals surface area contributed by atoms with Crippen LogP contribution in [0.5, 0.6) is 11.5 Å². The topological polar surface area (TPSA) is 95.1 Å². The van der Waals surface area contributed by atoms with E-state index in [1.165, 1.54) is 12.4 Å². The highest BCUT2D eigenvalue weighted by molar-refractivity contribution is 5.78. The summed E-state index contributed by atoms with van der Waals surface area (Å²) in [6.45, 7) is 6.06. The number of rotatable bonds is 2. The van der Waals surface area contributed by atoms with Gasteiger partial charge in [-0.15, -0.1) is 0 Å². The lowest BCUT2D eigenvalue weighted by atomic mass is 9.80. The Hall–Kier alpha value is -3.72. The first kappa shape index (κ1) is 20.9. The highest BCUT2D eigenvalue weighted by Gasteiger charge is 2.48. The number of ether oxygens (including phenoxy) is 3. The molecule has 0 bridgehead atoms. The lowest BCUT2D eigenvalue weighted by Gasteiger charge is -2.40. The summed E-state index contributed by atoms with van der Waals surface area (Å²) in [4.78, 5) is 15.1. The molecule has 174 valence electrons. The van der Waals surface area contributed by atoms with E-state index in [0.717, 1.165) is 22.4 Å². The Morgan fingerprint density at radius 2 is 1.88 bits per heavy atom. The van der Waals surface area contributed by atoms with Crippen LogP contribution in [0.1, 0.15) is 25.0 Å². The zero-order chi connectivity index (χ0) is 23.5. The van der Waals surface area contributed by atoms with Crippen molar-refractivity contribution in [3.63, 3.8) is 0 Å². The van der Waals surface area contributed by atoms with E-state index in [0.29, 0.717) is 31.0 Å². The normalized spacial score (nSPS) is 22.4. The number of hydrogen-bond donors (Lipinski definition) is 1. The third kappa shape index (κ3) is 3.27. The van der Waals surface area contributed by atoms with Crippen molar-refractivity contribution in [2.24, 2.45) is 10.7 Å². The van der Waals surface area contributed by atoms with Gasteiger partial charge in [-0.25, -0.2) is 19.4 Å². The summed E-state index contributed by atoms with van der Waals surface area (Å²) in [5.74, 6) is 0.193. The summed E-state index contributed by atoms with van der Waals surface area (Å²) in [6, 6.07) is 9.17. The van der Waals surface area contributed by atoms with E-state index in [9.17, 15) is 0 Å². The molecule has 6 rings (SSSR count). The quantitative estimate of drug-likeness (QED) is 0.623. The Morgan fingerprint density at radius 1 is 1.06 bits per heavy atom. The van der Waals surface area contributed by atoms with Gasteiger partial charge in [0.2, 0.25) is 0 Å². The third-order valence-electron chi connectivity index (χ3n) is 6.53. The number of morpholine rings is 1. The minimum atomic E-state index is -1.03. The molecule has 1 atom stereocenters. The number of amidine groups is 1. The van der Waals surface area contributed by atoms with Crippen LogP contribution in [-0.4, -0.2) is 47.9 Å². The van der Waals surface area contributed by atoms with Crippen molar-refractivity contribution in [2.75, 3.05) is 31.2 Å². The average Bonchev–Trinajstić information content (AvgIpc) is 3.22. The molecule has 1 fully saturated rings. The average molecular weight is 461 g/mol. The number of anilines is 1. The maximum Gasteiger partial charge on any atom is 0.283 e. The molecule has 0 amide bonds. The second-order valence-corrected chi connectivity index (χ2v) is 9.37. The second kappa shape index (κ2) is 7.39. The predicted molar refractivity (Wildman–Crippen MR) is 125 cm³/mol. The maximum absolute atomic E-state index is 15.5. The first-order chi connectivity index (χ1) is 16.3. The predicted octanol–water partition coefficient (Wildman–Crippen LogP) is 3.59. The molecule has 2 N–H and O–H groups in total. The van der Waals surface area contributed by atoms with Crippen LogP contribution >= 0.6 is 0 Å². The molecule has 0 aliphatic carbocycles. The Labute approximate surface area is 196 Å². The van der Waals surface area contributed by atoms with Crippen molar-refractivity contribution in [1.29, 1.82) is 0 Å². The van der Waals surface area contributed by atoms with Gasteiger partial charge in [0.15, 0.2) is 17.1 Å². The Kier molecular flexibility index (Phi) is 4.54. The first-order valence-electron chi connectivity index (χ1n) is 11.1. The molecule has 3 aromatic rings. The number of fused-ring (bicyclic) bond motifs is 4. The van der Waals surface area contributed by atoms with E-state index in [1.54, 1.807) is 12.4 Å². The fourth-order valence-corrected chi connectivity index (χ4v) is 4.94. The molecule has 0 radical (unpaired) electrons. The molecule has 8 nitrogen and oxygen atoms in total. The number of hydrogen-bond acceptors (Lipinski definition) is 8. The van der Waals surface area contributed by atoms with Crippen LogP contribution < -0.4 is 15.4 Å². The summed E-state index contributed by atoms with van der Waals surface area (Å²) >= 11 is 0. The van der Waals surface area contributed by atoms with Gasteiger partial charge in [0, 0.05) is 53.9 Å². The third-order valence-corrected chi connectivity index (χ3v) is 6.53. The Morgan fingerprint density at radius 3 is 2.62 bits per heavy atom. The number of aromatic nitrogens is 2. The standard InChI is InChI=1S/C25H24FN5O3/c1-24(2)12-31(5-6-33-24)17-8-19-22(20(26)9-17)34-21-4-3-15(16-10-28-14-29-11-16)7-18(21)25(19)13-32-23(27)30-25/h3-4,7-11,14H,5-6,12-13H2,1-2H3,(H2,27,30)/t25-/m1/s1. The van der Waals surface area contributed by atoms with E-state index >= 15 is 4.39 Å². The lowest BCUT2D eigenvalue weighted by molar-refractivity contribution is -0.0277. The van der Waals surface area contributed by atoms with Crippen molar-refractivity contribution in [3.8, 4) is 22.6 Å². The first-order valence-corrected chi connectivity index (χ1v) is 11.1. The molecule has 9 heteroatoms. The molecular weight excluding hydrogens is 437 g/mol. The van der Waals surface area contributed by atoms with Crippen molar-refractivity contribution < 1.29 is 18.6 Å². The Balaban J connectivity index is 1.52. The van der Waals surface area contributed by atoms with Gasteiger partial charge in [-0.05, 0) is 37.6 Å². The van der Waals surface area contributed by atoms with Crippen LogP contribution in [0.25, 0.3) is 11.1 Å². The van der Waals surface area contributed by atoms with Crippen molar-refractivity contribution in [1.82, 2.24) is 9.97 Å². The van der Waals surface area contributed by atoms with E-state index in [1.807, 2.05) is 38.1 Å². The zero-order valence-corrected chi connectivity index (χ0v) is 18.9. The smallest absolute Gasteiger partial charge is 0.283 e. The summed E-state index contributed by atoms with van der Waals surface area (Å²) in [5.41, 5.74) is 8.45. The number of benzene rings is 2. The molecule has 1 spiro atoms. The van der Waals surface area contributed by atoms with Crippen LogP contribution in [0.2, 0.25) is 0 Å². The lowest BCUT2D eigenvalue weighted by Crippen LogP contribution is -2.48. The van der Waals surface area contributed by atoms with E-state index in [-0.39, 0.29) is 24.0 Å². The molecule has 3 aliphatic rings. The van der Waals surface area contributed by atoms with Gasteiger partial charge in [0.05, 0.1) is 12.2 Å². The largest absolute Gasteiger partial charge is 0.462 e. The van der Waals surface area contributed by atoms with Gasteiger partial charge in [-0.3, -0.25) is 0 Å².